The third kappa shape index (κ3) is 6.03. The average molecular weight is 467 g/mol. The molecule has 0 aliphatic heterocycles. The van der Waals surface area contributed by atoms with Gasteiger partial charge in [-0.2, -0.15) is 0 Å². The van der Waals surface area contributed by atoms with Gasteiger partial charge in [0, 0.05) is 18.2 Å². The molecule has 0 fully saturated rings. The van der Waals surface area contributed by atoms with Crippen LogP contribution in [0.4, 0.5) is 5.13 Å². The molecule has 0 aliphatic rings. The molecular weight excluding hydrogens is 440 g/mol. The molecule has 0 saturated carbocycles. The summed E-state index contributed by atoms with van der Waals surface area (Å²) < 4.78 is 5.14. The van der Waals surface area contributed by atoms with E-state index in [0.29, 0.717) is 11.3 Å². The van der Waals surface area contributed by atoms with E-state index < -0.39 is 23.9 Å². The van der Waals surface area contributed by atoms with Crippen molar-refractivity contribution < 1.29 is 19.1 Å². The first-order chi connectivity index (χ1) is 15.8. The van der Waals surface area contributed by atoms with Crippen LogP contribution >= 0.6 is 11.3 Å². The van der Waals surface area contributed by atoms with Crippen molar-refractivity contribution in [2.45, 2.75) is 31.8 Å². The fourth-order valence-corrected chi connectivity index (χ4v) is 4.00. The van der Waals surface area contributed by atoms with Gasteiger partial charge in [0.15, 0.2) is 10.9 Å². The van der Waals surface area contributed by atoms with Crippen LogP contribution in [0.5, 0.6) is 5.75 Å². The Hall–Kier alpha value is -3.56. The maximum Gasteiger partial charge on any atom is 0.249 e. The number of ether oxygens (including phenoxy) is 1. The lowest BCUT2D eigenvalue weighted by Crippen LogP contribution is -2.49. The molecule has 2 amide bonds. The number of hydrogen-bond donors (Lipinski definition) is 3. The molecule has 1 heterocycles. The molecule has 0 bridgehead atoms. The van der Waals surface area contributed by atoms with Gasteiger partial charge in [0.1, 0.15) is 23.5 Å². The topological polar surface area (TPSA) is 123 Å². The lowest BCUT2D eigenvalue weighted by atomic mass is 9.92. The Morgan fingerprint density at radius 3 is 2.24 bits per heavy atom. The van der Waals surface area contributed by atoms with Gasteiger partial charge in [-0.3, -0.25) is 14.4 Å². The number of nitrogens with one attached hydrogen (secondary N) is 2. The maximum atomic E-state index is 13.2. The number of rotatable bonds is 9. The van der Waals surface area contributed by atoms with Crippen molar-refractivity contribution >= 4 is 34.1 Å². The van der Waals surface area contributed by atoms with Crippen LogP contribution in [0.15, 0.2) is 60.0 Å². The van der Waals surface area contributed by atoms with Gasteiger partial charge in [-0.1, -0.05) is 49.4 Å². The number of Topliss-reactive ketones (excluding diaryl/α,β-unsaturated/α-hetero) is 1. The van der Waals surface area contributed by atoms with Crippen LogP contribution in [0.2, 0.25) is 0 Å². The second-order valence-electron chi connectivity index (χ2n) is 7.52. The van der Waals surface area contributed by atoms with Gasteiger partial charge >= 0.3 is 0 Å². The van der Waals surface area contributed by atoms with Gasteiger partial charge in [-0.25, -0.2) is 4.98 Å². The number of aromatic nitrogens is 1. The van der Waals surface area contributed by atoms with Crippen LogP contribution in [-0.4, -0.2) is 35.7 Å². The van der Waals surface area contributed by atoms with E-state index >= 15 is 0 Å². The Morgan fingerprint density at radius 2 is 1.67 bits per heavy atom. The number of hydrogen-bond acceptors (Lipinski definition) is 7. The number of nitrogens with two attached hydrogens (primary N) is 1. The van der Waals surface area contributed by atoms with Crippen LogP contribution in [0, 0.1) is 0 Å². The lowest BCUT2D eigenvalue weighted by Gasteiger charge is -2.26. The summed E-state index contributed by atoms with van der Waals surface area (Å²) in [6.07, 6.45) is 0. The normalized spacial score (nSPS) is 13.5. The SMILES string of the molecule is COc1ccc([C@@H](N)C(=O)N[C@H](C(=O)Nc2nc(C(C)=O)cs2)[C@@H](C)c2ccccc2)cc1. The highest BCUT2D eigenvalue weighted by molar-refractivity contribution is 7.14. The highest BCUT2D eigenvalue weighted by atomic mass is 32.1. The van der Waals surface area contributed by atoms with E-state index in [-0.39, 0.29) is 22.5 Å². The molecule has 0 unspecified atom stereocenters. The van der Waals surface area contributed by atoms with Gasteiger partial charge in [-0.05, 0) is 23.3 Å². The predicted molar refractivity (Wildman–Crippen MR) is 127 cm³/mol. The van der Waals surface area contributed by atoms with E-state index in [2.05, 4.69) is 15.6 Å². The van der Waals surface area contributed by atoms with Crippen molar-refractivity contribution in [1.29, 1.82) is 0 Å². The molecule has 0 aliphatic carbocycles. The molecule has 8 nitrogen and oxygen atoms in total. The molecule has 0 radical (unpaired) electrons. The van der Waals surface area contributed by atoms with Gasteiger partial charge in [0.2, 0.25) is 11.8 Å². The van der Waals surface area contributed by atoms with Crippen molar-refractivity contribution in [3.8, 4) is 5.75 Å². The molecule has 0 spiro atoms. The molecule has 33 heavy (non-hydrogen) atoms. The third-order valence-electron chi connectivity index (χ3n) is 5.26. The molecule has 9 heteroatoms. The summed E-state index contributed by atoms with van der Waals surface area (Å²) in [7, 11) is 1.55. The Labute approximate surface area is 196 Å². The van der Waals surface area contributed by atoms with E-state index in [1.807, 2.05) is 37.3 Å². The van der Waals surface area contributed by atoms with E-state index in [1.165, 1.54) is 6.92 Å². The van der Waals surface area contributed by atoms with Gasteiger partial charge in [0.05, 0.1) is 7.11 Å². The van der Waals surface area contributed by atoms with Crippen LogP contribution in [0.3, 0.4) is 0 Å². The summed E-state index contributed by atoms with van der Waals surface area (Å²) in [5.41, 5.74) is 7.91. The third-order valence-corrected chi connectivity index (χ3v) is 6.02. The molecule has 3 aromatic rings. The van der Waals surface area contributed by atoms with E-state index in [4.69, 9.17) is 10.5 Å². The number of benzene rings is 2. The molecule has 4 N–H and O–H groups in total. The van der Waals surface area contributed by atoms with E-state index in [0.717, 1.165) is 16.9 Å². The molecule has 1 aromatic heterocycles. The number of nitrogens with zero attached hydrogens (tertiary/aromatic N) is 1. The Kier molecular flexibility index (Phi) is 7.92. The minimum absolute atomic E-state index is 0.195. The van der Waals surface area contributed by atoms with E-state index in [1.54, 1.807) is 36.8 Å². The number of methoxy groups -OCH3 is 1. The monoisotopic (exact) mass is 466 g/mol. The molecule has 172 valence electrons. The largest absolute Gasteiger partial charge is 0.497 e. The molecule has 3 rings (SSSR count). The maximum absolute atomic E-state index is 13.2. The summed E-state index contributed by atoms with van der Waals surface area (Å²) >= 11 is 1.14. The first-order valence-electron chi connectivity index (χ1n) is 10.3. The Morgan fingerprint density at radius 1 is 1.00 bits per heavy atom. The number of carbonyl (C=O) groups excluding carboxylic acids is 3. The van der Waals surface area contributed by atoms with Crippen molar-refractivity contribution in [3.63, 3.8) is 0 Å². The standard InChI is InChI=1S/C24H26N4O4S/c1-14(16-7-5-4-6-8-16)21(23(31)28-24-26-19(13-33-24)15(2)29)27-22(30)20(25)17-9-11-18(32-3)12-10-17/h4-14,20-21H,25H2,1-3H3,(H,27,30)(H,26,28,31)/t14-,20+,21-/m0/s1. The van der Waals surface area contributed by atoms with Gasteiger partial charge < -0.3 is 21.1 Å². The van der Waals surface area contributed by atoms with Gasteiger partial charge in [-0.15, -0.1) is 11.3 Å². The second-order valence-corrected chi connectivity index (χ2v) is 8.38. The predicted octanol–water partition coefficient (Wildman–Crippen LogP) is 3.28. The average Bonchev–Trinajstić information content (AvgIpc) is 3.31. The number of thiazole rings is 1. The minimum atomic E-state index is -0.974. The summed E-state index contributed by atoms with van der Waals surface area (Å²) in [6, 6.07) is 14.3. The van der Waals surface area contributed by atoms with Crippen LogP contribution < -0.4 is 21.1 Å². The summed E-state index contributed by atoms with van der Waals surface area (Å²) in [6.45, 7) is 3.25. The summed E-state index contributed by atoms with van der Waals surface area (Å²) in [5.74, 6) is -0.849. The second kappa shape index (κ2) is 10.8. The number of anilines is 1. The van der Waals surface area contributed by atoms with Crippen molar-refractivity contribution in [1.82, 2.24) is 10.3 Å². The van der Waals surface area contributed by atoms with E-state index in [9.17, 15) is 14.4 Å². The van der Waals surface area contributed by atoms with Crippen LogP contribution in [0.25, 0.3) is 0 Å². The first-order valence-corrected chi connectivity index (χ1v) is 11.2. The fraction of sp³-hybridized carbons (Fsp3) is 0.250. The van der Waals surface area contributed by atoms with Crippen molar-refractivity contribution in [2.75, 3.05) is 12.4 Å². The molecule has 2 aromatic carbocycles. The van der Waals surface area contributed by atoms with Crippen LogP contribution in [0.1, 0.15) is 47.4 Å². The molecular formula is C24H26N4O4S. The zero-order chi connectivity index (χ0) is 24.0. The number of ketones is 1. The minimum Gasteiger partial charge on any atom is -0.497 e. The highest BCUT2D eigenvalue weighted by Gasteiger charge is 2.30. The zero-order valence-corrected chi connectivity index (χ0v) is 19.4. The Bertz CT molecular complexity index is 1120. The number of amides is 2. The van der Waals surface area contributed by atoms with Crippen molar-refractivity contribution in [3.05, 3.63) is 76.8 Å². The molecule has 0 saturated heterocycles. The highest BCUT2D eigenvalue weighted by Crippen LogP contribution is 2.23. The zero-order valence-electron chi connectivity index (χ0n) is 18.6. The quantitative estimate of drug-likeness (QED) is 0.416. The smallest absolute Gasteiger partial charge is 0.249 e. The summed E-state index contributed by atoms with van der Waals surface area (Å²) in [5, 5.41) is 7.36. The summed E-state index contributed by atoms with van der Waals surface area (Å²) in [4.78, 5) is 41.8. The lowest BCUT2D eigenvalue weighted by molar-refractivity contribution is -0.127. The number of carbonyl (C=O) groups is 3. The van der Waals surface area contributed by atoms with Crippen LogP contribution in [-0.2, 0) is 9.59 Å². The van der Waals surface area contributed by atoms with Gasteiger partial charge in [0.25, 0.3) is 0 Å². The molecule has 3 atom stereocenters. The van der Waals surface area contributed by atoms with Crippen molar-refractivity contribution in [2.24, 2.45) is 5.73 Å². The fourth-order valence-electron chi connectivity index (χ4n) is 3.25. The Balaban J connectivity index is 1.81. The first kappa shape index (κ1) is 24.1.